The lowest BCUT2D eigenvalue weighted by Gasteiger charge is -2.38. The molecule has 2 aromatic heterocycles. The summed E-state index contributed by atoms with van der Waals surface area (Å²) < 4.78 is 58.6. The van der Waals surface area contributed by atoms with Crippen LogP contribution in [0.1, 0.15) is 80.8 Å². The molecule has 3 aromatic rings. The third-order valence-electron chi connectivity index (χ3n) is 16.4. The molecule has 0 aliphatic carbocycles. The molecule has 5 atom stereocenters. The van der Waals surface area contributed by atoms with Crippen LogP contribution in [0.5, 0.6) is 5.88 Å². The molecule has 5 aliphatic heterocycles. The second kappa shape index (κ2) is 32.9. The first kappa shape index (κ1) is 66.8. The number of amides is 5. The fourth-order valence-corrected chi connectivity index (χ4v) is 12.7. The Labute approximate surface area is 517 Å². The van der Waals surface area contributed by atoms with Crippen LogP contribution in [0, 0.1) is 11.7 Å². The van der Waals surface area contributed by atoms with Gasteiger partial charge in [0.05, 0.1) is 120 Å². The second-order valence-corrected chi connectivity index (χ2v) is 23.4. The van der Waals surface area contributed by atoms with Crippen molar-refractivity contribution in [2.75, 3.05) is 123 Å². The molecule has 23 nitrogen and oxygen atoms in total. The van der Waals surface area contributed by atoms with E-state index in [4.69, 9.17) is 39.5 Å². The summed E-state index contributed by atoms with van der Waals surface area (Å²) in [6.45, 7) is 10.8. The Balaban J connectivity index is 0.690. The SMILES string of the molecule is C=C1/C=C(F)\C=C/CC(=O)N(C)Cc2nn(CCNC(=O)CCOCCOCCOCCOCCC(=O)N3CCC([C@@H](NC(=O)[C@@H](C)NC)C(=O)N4CCC[C@@H]4C4=NC(C(=O)c5ccc(F)cc5)CS4)CC3)c(OC)c2-c2cnc(N)c(c2)N2CCC[C@H]12. The van der Waals surface area contributed by atoms with Gasteiger partial charge >= 0.3 is 0 Å². The molecule has 3 saturated heterocycles. The lowest BCUT2D eigenvalue weighted by atomic mass is 9.88. The molecule has 0 radical (unpaired) electrons. The number of likely N-dealkylation sites (tertiary alicyclic amines) is 2. The number of carbonyl (C=O) groups is 6. The van der Waals surface area contributed by atoms with Gasteiger partial charge in [0, 0.05) is 75.7 Å². The predicted molar refractivity (Wildman–Crippen MR) is 330 cm³/mol. The quantitative estimate of drug-likeness (QED) is 0.0598. The van der Waals surface area contributed by atoms with Crippen molar-refractivity contribution >= 4 is 63.6 Å². The highest BCUT2D eigenvalue weighted by Gasteiger charge is 2.43. The van der Waals surface area contributed by atoms with Crippen molar-refractivity contribution in [2.24, 2.45) is 10.9 Å². The number of pyridine rings is 1. The normalized spacial score (nSPS) is 20.9. The number of fused-ring (bicyclic) bond motifs is 6. The Hall–Kier alpha value is -7.10. The number of halogens is 2. The number of hydrogen-bond acceptors (Lipinski definition) is 18. The number of hydrogen-bond donors (Lipinski definition) is 4. The third-order valence-corrected chi connectivity index (χ3v) is 17.6. The van der Waals surface area contributed by atoms with Crippen LogP contribution in [-0.4, -0.2) is 213 Å². The topological polar surface area (TPSA) is 267 Å². The highest BCUT2D eigenvalue weighted by Crippen LogP contribution is 2.40. The van der Waals surface area contributed by atoms with Crippen LogP contribution in [0.3, 0.4) is 0 Å². The first-order chi connectivity index (χ1) is 42.5. The molecule has 7 heterocycles. The van der Waals surface area contributed by atoms with Gasteiger partial charge in [-0.15, -0.1) is 11.8 Å². The van der Waals surface area contributed by atoms with Crippen molar-refractivity contribution < 1.29 is 61.2 Å². The van der Waals surface area contributed by atoms with E-state index >= 15 is 0 Å². The number of piperidine rings is 1. The number of anilines is 2. The van der Waals surface area contributed by atoms with Crippen LogP contribution < -0.4 is 31.3 Å². The average Bonchev–Trinajstić information content (AvgIpc) is 2.97. The highest BCUT2D eigenvalue weighted by molar-refractivity contribution is 8.14. The monoisotopic (exact) mass is 1240 g/mol. The number of allylic oxidation sites excluding steroid dienone is 2. The van der Waals surface area contributed by atoms with Gasteiger partial charge in [-0.3, -0.25) is 33.8 Å². The molecular weight excluding hydrogens is 1160 g/mol. The van der Waals surface area contributed by atoms with Gasteiger partial charge in [0.1, 0.15) is 29.5 Å². The molecule has 5 aliphatic rings. The number of ketones is 1. The van der Waals surface area contributed by atoms with Crippen molar-refractivity contribution in [3.8, 4) is 17.0 Å². The van der Waals surface area contributed by atoms with E-state index in [1.54, 1.807) is 41.7 Å². The zero-order valence-electron chi connectivity index (χ0n) is 50.9. The Morgan fingerprint density at radius 1 is 0.886 bits per heavy atom. The molecule has 8 rings (SSSR count). The number of Topliss-reactive ketones (excluding diaryl/α,β-unsaturated/α-hetero) is 1. The molecule has 5 N–H and O–H groups in total. The molecule has 26 heteroatoms. The lowest BCUT2D eigenvalue weighted by molar-refractivity contribution is -0.140. The van der Waals surface area contributed by atoms with Gasteiger partial charge < -0.3 is 65.0 Å². The van der Waals surface area contributed by atoms with Gasteiger partial charge in [0.2, 0.25) is 35.4 Å². The minimum absolute atomic E-state index is 0.0227. The maximum Gasteiger partial charge on any atom is 0.246 e. The smallest absolute Gasteiger partial charge is 0.246 e. The Morgan fingerprint density at radius 3 is 2.25 bits per heavy atom. The number of nitrogens with two attached hydrogens (primary N) is 1. The number of thioether (sulfide) groups is 1. The standard InChI is InChI=1S/C62H84F2N12O11S/c1-40-35-46(64)9-6-12-53(78)72(4)38-47-55(44-36-51(58(65)68-37-44)74-22-7-10-49(40)74)62(83-5)76(71-47)26-21-67-52(77)19-27-84-29-31-86-33-34-87-32-30-85-28-20-54(79)73-24-17-42(18-25-73)56(70-59(81)41(2)66-3)61(82)75-23-8-11-50(75)60-69-48(39-88-60)57(80)43-13-15-45(63)16-14-43/h6,9,13-16,35-37,41-42,48-50,56,66H,1,7-8,10-12,17-34,38-39H2,2-5H3,(H2,65,68)(H,67,77)(H,70,81)/b9-6-,46-35+/t41-,48?,49-,50-,56-/m1/s1. The zero-order chi connectivity index (χ0) is 62.7. The molecule has 2 bridgehead atoms. The fraction of sp³-hybridized carbons (Fsp3) is 0.565. The van der Waals surface area contributed by atoms with Crippen LogP contribution in [0.25, 0.3) is 11.1 Å². The molecule has 5 amide bonds. The van der Waals surface area contributed by atoms with E-state index in [9.17, 15) is 37.5 Å². The molecular formula is C62H84F2N12O11S. The molecule has 0 saturated carbocycles. The molecule has 0 spiro atoms. The average molecular weight is 1240 g/mol. The van der Waals surface area contributed by atoms with Crippen molar-refractivity contribution in [3.05, 3.63) is 89.8 Å². The summed E-state index contributed by atoms with van der Waals surface area (Å²) >= 11 is 1.46. The largest absolute Gasteiger partial charge is 0.481 e. The number of rotatable bonds is 27. The molecule has 1 unspecified atom stereocenters. The lowest BCUT2D eigenvalue weighted by Crippen LogP contribution is -2.58. The van der Waals surface area contributed by atoms with Crippen molar-refractivity contribution in [1.29, 1.82) is 0 Å². The molecule has 1 aromatic carbocycles. The number of nitrogens with one attached hydrogen (secondary N) is 3. The number of benzene rings is 1. The van der Waals surface area contributed by atoms with E-state index in [1.807, 2.05) is 6.07 Å². The number of ether oxygens (including phenoxy) is 5. The predicted octanol–water partition coefficient (Wildman–Crippen LogP) is 4.65. The molecule has 478 valence electrons. The van der Waals surface area contributed by atoms with Crippen molar-refractivity contribution in [1.82, 2.24) is 45.4 Å². The number of aromatic nitrogens is 3. The summed E-state index contributed by atoms with van der Waals surface area (Å²) in [7, 11) is 4.86. The highest BCUT2D eigenvalue weighted by atomic mass is 32.2. The van der Waals surface area contributed by atoms with Crippen molar-refractivity contribution in [3.63, 3.8) is 0 Å². The van der Waals surface area contributed by atoms with Crippen LogP contribution in [0.15, 0.2) is 77.7 Å². The van der Waals surface area contributed by atoms with Crippen LogP contribution in [-0.2, 0) is 56.0 Å². The summed E-state index contributed by atoms with van der Waals surface area (Å²) in [5.41, 5.74) is 9.94. The second-order valence-electron chi connectivity index (χ2n) is 22.4. The summed E-state index contributed by atoms with van der Waals surface area (Å²) in [5, 5.41) is 14.5. The van der Waals surface area contributed by atoms with Crippen LogP contribution >= 0.6 is 11.8 Å². The van der Waals surface area contributed by atoms with E-state index < -0.39 is 29.8 Å². The summed E-state index contributed by atoms with van der Waals surface area (Å²) in [5.74, 6) is -1.17. The number of nitrogens with zero attached hydrogens (tertiary/aromatic N) is 8. The number of likely N-dealkylation sites (N-methyl/N-ethyl adjacent to an activating group) is 1. The van der Waals surface area contributed by atoms with Gasteiger partial charge in [-0.1, -0.05) is 12.7 Å². The minimum atomic E-state index is -0.805. The maximum absolute atomic E-state index is 14.9. The van der Waals surface area contributed by atoms with Gasteiger partial charge in [0.25, 0.3) is 0 Å². The summed E-state index contributed by atoms with van der Waals surface area (Å²) in [4.78, 5) is 96.7. The Kier molecular flexibility index (Phi) is 25.0. The molecule has 88 heavy (non-hydrogen) atoms. The van der Waals surface area contributed by atoms with Gasteiger partial charge in [-0.25, -0.2) is 18.4 Å². The van der Waals surface area contributed by atoms with Gasteiger partial charge in [-0.05, 0) is 106 Å². The minimum Gasteiger partial charge on any atom is -0.481 e. The first-order valence-corrected chi connectivity index (χ1v) is 31.3. The van der Waals surface area contributed by atoms with Gasteiger partial charge in [-0.2, -0.15) is 5.10 Å². The summed E-state index contributed by atoms with van der Waals surface area (Å²) in [6.07, 6.45) is 10.2. The maximum atomic E-state index is 14.9. The van der Waals surface area contributed by atoms with E-state index in [-0.39, 0.29) is 112 Å². The number of aliphatic imine (C=N–C) groups is 1. The Bertz CT molecular complexity index is 3030. The van der Waals surface area contributed by atoms with E-state index in [1.165, 1.54) is 66.3 Å². The van der Waals surface area contributed by atoms with E-state index in [0.717, 1.165) is 19.3 Å². The first-order valence-electron chi connectivity index (χ1n) is 30.3. The number of carbonyl (C=O) groups excluding carboxylic acids is 6. The summed E-state index contributed by atoms with van der Waals surface area (Å²) in [6, 6.07) is 4.85. The fourth-order valence-electron chi connectivity index (χ4n) is 11.5. The number of nitrogen functional groups attached to an aromatic ring is 1. The Morgan fingerprint density at radius 2 is 1.56 bits per heavy atom. The number of methoxy groups -OCH3 is 1. The third kappa shape index (κ3) is 17.8. The molecule has 3 fully saturated rings. The van der Waals surface area contributed by atoms with Crippen LogP contribution in [0.4, 0.5) is 20.3 Å². The van der Waals surface area contributed by atoms with Gasteiger partial charge in [0.15, 0.2) is 5.78 Å². The van der Waals surface area contributed by atoms with E-state index in [2.05, 4.69) is 32.4 Å². The zero-order valence-corrected chi connectivity index (χ0v) is 51.7. The van der Waals surface area contributed by atoms with E-state index in [0.29, 0.717) is 135 Å². The van der Waals surface area contributed by atoms with Crippen LogP contribution in [0.2, 0.25) is 0 Å². The van der Waals surface area contributed by atoms with Crippen molar-refractivity contribution in [2.45, 2.75) is 108 Å².